The van der Waals surface area contributed by atoms with Gasteiger partial charge in [0.25, 0.3) is 0 Å². The second-order valence-corrected chi connectivity index (χ2v) is 4.78. The normalized spacial score (nSPS) is 23.8. The molecule has 0 unspecified atom stereocenters. The summed E-state index contributed by atoms with van der Waals surface area (Å²) in [6.45, 7) is 4.04. The molecule has 1 spiro atoms. The van der Waals surface area contributed by atoms with E-state index in [-0.39, 0.29) is 5.79 Å². The fourth-order valence-corrected chi connectivity index (χ4v) is 2.50. The summed E-state index contributed by atoms with van der Waals surface area (Å²) in [5.41, 5.74) is 0. The standard InChI is InChI=1S/C13H24O5/c1-14-6-7-15-8-9-16-12-2-4-13(5-3-12)17-10-11-18-13/h12H,2-11H2,1H3. The zero-order valence-corrected chi connectivity index (χ0v) is 11.2. The fourth-order valence-electron chi connectivity index (χ4n) is 2.50. The Bertz CT molecular complexity index is 217. The van der Waals surface area contributed by atoms with E-state index in [0.29, 0.717) is 32.5 Å². The van der Waals surface area contributed by atoms with Gasteiger partial charge in [0.05, 0.1) is 45.7 Å². The summed E-state index contributed by atoms with van der Waals surface area (Å²) >= 11 is 0. The van der Waals surface area contributed by atoms with Gasteiger partial charge in [-0.3, -0.25) is 0 Å². The fraction of sp³-hybridized carbons (Fsp3) is 1.00. The lowest BCUT2D eigenvalue weighted by Crippen LogP contribution is -2.37. The Balaban J connectivity index is 1.51. The molecule has 1 aliphatic heterocycles. The van der Waals surface area contributed by atoms with E-state index in [9.17, 15) is 0 Å². The van der Waals surface area contributed by atoms with Crippen molar-refractivity contribution >= 4 is 0 Å². The van der Waals surface area contributed by atoms with Gasteiger partial charge in [0.1, 0.15) is 0 Å². The van der Waals surface area contributed by atoms with Crippen LogP contribution in [0.1, 0.15) is 25.7 Å². The van der Waals surface area contributed by atoms with Crippen LogP contribution in [-0.2, 0) is 23.7 Å². The molecule has 0 radical (unpaired) electrons. The molecule has 18 heavy (non-hydrogen) atoms. The van der Waals surface area contributed by atoms with Gasteiger partial charge in [-0.15, -0.1) is 0 Å². The molecule has 2 rings (SSSR count). The van der Waals surface area contributed by atoms with Crippen molar-refractivity contribution in [1.29, 1.82) is 0 Å². The maximum atomic E-state index is 5.79. The molecule has 1 aliphatic carbocycles. The molecule has 1 saturated carbocycles. The van der Waals surface area contributed by atoms with Gasteiger partial charge < -0.3 is 23.7 Å². The number of hydrogen-bond acceptors (Lipinski definition) is 5. The summed E-state index contributed by atoms with van der Waals surface area (Å²) in [6.07, 6.45) is 4.25. The number of ether oxygens (including phenoxy) is 5. The Kier molecular flexibility index (Phi) is 5.85. The van der Waals surface area contributed by atoms with Gasteiger partial charge in [-0.25, -0.2) is 0 Å². The molecule has 2 fully saturated rings. The second-order valence-electron chi connectivity index (χ2n) is 4.78. The van der Waals surface area contributed by atoms with E-state index in [1.165, 1.54) is 0 Å². The first-order chi connectivity index (χ1) is 8.85. The molecule has 1 heterocycles. The topological polar surface area (TPSA) is 46.2 Å². The summed E-state index contributed by atoms with van der Waals surface area (Å²) in [6, 6.07) is 0. The van der Waals surface area contributed by atoms with Crippen LogP contribution in [0.25, 0.3) is 0 Å². The predicted octanol–water partition coefficient (Wildman–Crippen LogP) is 1.35. The molecular weight excluding hydrogens is 236 g/mol. The Labute approximate surface area is 109 Å². The molecule has 0 atom stereocenters. The Morgan fingerprint density at radius 3 is 2.33 bits per heavy atom. The van der Waals surface area contributed by atoms with Crippen molar-refractivity contribution in [3.63, 3.8) is 0 Å². The van der Waals surface area contributed by atoms with Crippen LogP contribution in [0.4, 0.5) is 0 Å². The highest BCUT2D eigenvalue weighted by molar-refractivity contribution is 4.82. The first-order valence-corrected chi connectivity index (χ1v) is 6.81. The maximum absolute atomic E-state index is 5.79. The molecule has 1 saturated heterocycles. The zero-order valence-electron chi connectivity index (χ0n) is 11.2. The number of methoxy groups -OCH3 is 1. The van der Waals surface area contributed by atoms with Crippen LogP contribution in [0.15, 0.2) is 0 Å². The molecule has 0 aromatic rings. The second kappa shape index (κ2) is 7.40. The van der Waals surface area contributed by atoms with Gasteiger partial charge in [-0.05, 0) is 12.8 Å². The Morgan fingerprint density at radius 1 is 1.00 bits per heavy atom. The van der Waals surface area contributed by atoms with Crippen LogP contribution in [0.3, 0.4) is 0 Å². The monoisotopic (exact) mass is 260 g/mol. The number of hydrogen-bond donors (Lipinski definition) is 0. The first kappa shape index (κ1) is 14.2. The third-order valence-electron chi connectivity index (χ3n) is 3.52. The van der Waals surface area contributed by atoms with Gasteiger partial charge in [-0.2, -0.15) is 0 Å². The quantitative estimate of drug-likeness (QED) is 0.647. The first-order valence-electron chi connectivity index (χ1n) is 6.81. The average Bonchev–Trinajstić information content (AvgIpc) is 2.85. The molecular formula is C13H24O5. The van der Waals surface area contributed by atoms with Crippen molar-refractivity contribution in [2.45, 2.75) is 37.6 Å². The lowest BCUT2D eigenvalue weighted by molar-refractivity contribution is -0.192. The molecule has 0 aromatic heterocycles. The molecule has 2 aliphatic rings. The number of rotatable bonds is 7. The average molecular weight is 260 g/mol. The Morgan fingerprint density at radius 2 is 1.67 bits per heavy atom. The lowest BCUT2D eigenvalue weighted by Gasteiger charge is -2.35. The SMILES string of the molecule is COCCOCCOC1CCC2(CC1)OCCO2. The summed E-state index contributed by atoms with van der Waals surface area (Å²) in [5.74, 6) is -0.283. The van der Waals surface area contributed by atoms with E-state index in [1.54, 1.807) is 7.11 Å². The van der Waals surface area contributed by atoms with E-state index in [2.05, 4.69) is 0 Å². The van der Waals surface area contributed by atoms with Gasteiger partial charge >= 0.3 is 0 Å². The largest absolute Gasteiger partial charge is 0.382 e. The predicted molar refractivity (Wildman–Crippen MR) is 65.5 cm³/mol. The summed E-state index contributed by atoms with van der Waals surface area (Å²) < 4.78 is 27.4. The van der Waals surface area contributed by atoms with Crippen molar-refractivity contribution in [2.24, 2.45) is 0 Å². The smallest absolute Gasteiger partial charge is 0.168 e. The van der Waals surface area contributed by atoms with Crippen LogP contribution < -0.4 is 0 Å². The van der Waals surface area contributed by atoms with Crippen molar-refractivity contribution in [3.05, 3.63) is 0 Å². The van der Waals surface area contributed by atoms with Crippen LogP contribution in [0, 0.1) is 0 Å². The molecule has 106 valence electrons. The Hall–Kier alpha value is -0.200. The van der Waals surface area contributed by atoms with Crippen LogP contribution in [0.5, 0.6) is 0 Å². The van der Waals surface area contributed by atoms with Crippen molar-refractivity contribution in [3.8, 4) is 0 Å². The molecule has 0 aromatic carbocycles. The van der Waals surface area contributed by atoms with Crippen molar-refractivity contribution in [1.82, 2.24) is 0 Å². The van der Waals surface area contributed by atoms with Crippen molar-refractivity contribution < 1.29 is 23.7 Å². The minimum atomic E-state index is -0.283. The van der Waals surface area contributed by atoms with Gasteiger partial charge in [0, 0.05) is 20.0 Å². The van der Waals surface area contributed by atoms with Crippen LogP contribution in [-0.4, -0.2) is 58.6 Å². The summed E-state index contributed by atoms with van der Waals surface area (Å²) in [7, 11) is 1.67. The highest BCUT2D eigenvalue weighted by Gasteiger charge is 2.40. The zero-order chi connectivity index (χ0) is 12.7. The third kappa shape index (κ3) is 4.17. The van der Waals surface area contributed by atoms with Crippen LogP contribution in [0.2, 0.25) is 0 Å². The van der Waals surface area contributed by atoms with Gasteiger partial charge in [0.2, 0.25) is 0 Å². The molecule has 0 bridgehead atoms. The molecule has 0 amide bonds. The maximum Gasteiger partial charge on any atom is 0.168 e. The van der Waals surface area contributed by atoms with E-state index < -0.39 is 0 Å². The minimum Gasteiger partial charge on any atom is -0.382 e. The van der Waals surface area contributed by atoms with Crippen molar-refractivity contribution in [2.75, 3.05) is 46.8 Å². The van der Waals surface area contributed by atoms with Crippen LogP contribution >= 0.6 is 0 Å². The van der Waals surface area contributed by atoms with Gasteiger partial charge in [0.15, 0.2) is 5.79 Å². The third-order valence-corrected chi connectivity index (χ3v) is 3.52. The van der Waals surface area contributed by atoms with E-state index in [4.69, 9.17) is 23.7 Å². The summed E-state index contributed by atoms with van der Waals surface area (Å²) in [5, 5.41) is 0. The molecule has 5 nitrogen and oxygen atoms in total. The molecule has 0 N–H and O–H groups in total. The minimum absolute atomic E-state index is 0.283. The highest BCUT2D eigenvalue weighted by atomic mass is 16.7. The molecule has 5 heteroatoms. The lowest BCUT2D eigenvalue weighted by atomic mass is 9.92. The van der Waals surface area contributed by atoms with E-state index in [0.717, 1.165) is 38.9 Å². The van der Waals surface area contributed by atoms with E-state index in [1.807, 2.05) is 0 Å². The highest BCUT2D eigenvalue weighted by Crippen LogP contribution is 2.36. The summed E-state index contributed by atoms with van der Waals surface area (Å²) in [4.78, 5) is 0. The van der Waals surface area contributed by atoms with Gasteiger partial charge in [-0.1, -0.05) is 0 Å². The van der Waals surface area contributed by atoms with E-state index >= 15 is 0 Å².